The number of allylic oxidation sites excluding steroid dienone is 2. The number of nitrogens with zero attached hydrogens (tertiary/aromatic N) is 4. The SMILES string of the molecule is N#CC(C#N)=C(C#N)c1ccc2c3c(cccc13)-c1cc3c(cc1-2)c(-c1ccccc1)cc1c2cc4c(cc2c(-c2ccccc2)cc31)-c1ccc(-n2c3ccccc3c3ccccc32)c2cccc-4c12. The Hall–Kier alpha value is -10.1. The van der Waals surface area contributed by atoms with Crippen LogP contribution in [0.2, 0.25) is 0 Å². The van der Waals surface area contributed by atoms with Gasteiger partial charge in [0, 0.05) is 21.7 Å². The van der Waals surface area contributed by atoms with Gasteiger partial charge in [-0.25, -0.2) is 0 Å². The molecule has 15 rings (SSSR count). The average Bonchev–Trinajstić information content (AvgIpc) is 4.05. The first-order valence-electron chi connectivity index (χ1n) is 23.8. The standard InChI is InChI=1S/C67H34N4/c68-35-40(36-69)62(37-70)41-25-26-47-54-31-56-50(38-13-3-1-4-14-38)29-59-58(60(56)33-52(54)45-20-11-19-44(41)66(45)47)30-51(39-15-5-2-6-16-39)57-32-55-48-27-28-65(49-22-12-21-46(67(48)49)53(55)34-61(57)59)71-63-23-9-7-17-42(63)43-18-8-10-24-64(43)71/h1-34H. The zero-order valence-electron chi connectivity index (χ0n) is 37.9. The Bertz CT molecular complexity index is 4690. The summed E-state index contributed by atoms with van der Waals surface area (Å²) in [7, 11) is 0. The van der Waals surface area contributed by atoms with E-state index in [1.807, 2.05) is 30.3 Å². The molecule has 0 saturated carbocycles. The number of para-hydroxylation sites is 2. The molecule has 2 aliphatic rings. The van der Waals surface area contributed by atoms with Crippen LogP contribution in [-0.4, -0.2) is 4.57 Å². The van der Waals surface area contributed by atoms with Crippen LogP contribution >= 0.6 is 0 Å². The summed E-state index contributed by atoms with van der Waals surface area (Å²) >= 11 is 0. The fourth-order valence-electron chi connectivity index (χ4n) is 12.4. The van der Waals surface area contributed by atoms with Gasteiger partial charge in [-0.15, -0.1) is 0 Å². The third-order valence-electron chi connectivity index (χ3n) is 15.4. The summed E-state index contributed by atoms with van der Waals surface area (Å²) in [5.74, 6) is 0. The molecule has 0 spiro atoms. The summed E-state index contributed by atoms with van der Waals surface area (Å²) in [6.07, 6.45) is 0. The third-order valence-corrected chi connectivity index (χ3v) is 15.4. The maximum atomic E-state index is 10.3. The van der Waals surface area contributed by atoms with Gasteiger partial charge in [0.25, 0.3) is 0 Å². The van der Waals surface area contributed by atoms with Crippen molar-refractivity contribution in [3.8, 4) is 90.7 Å². The molecule has 0 amide bonds. The molecule has 13 aromatic rings. The van der Waals surface area contributed by atoms with Gasteiger partial charge >= 0.3 is 0 Å². The summed E-state index contributed by atoms with van der Waals surface area (Å²) < 4.78 is 2.44. The Morgan fingerprint density at radius 1 is 0.296 bits per heavy atom. The number of hydrogen-bond donors (Lipinski definition) is 0. The van der Waals surface area contributed by atoms with Crippen molar-refractivity contribution in [2.45, 2.75) is 0 Å². The molecule has 1 aromatic heterocycles. The van der Waals surface area contributed by atoms with E-state index in [2.05, 4.69) is 199 Å². The monoisotopic (exact) mass is 894 g/mol. The van der Waals surface area contributed by atoms with Crippen LogP contribution in [0.5, 0.6) is 0 Å². The summed E-state index contributed by atoms with van der Waals surface area (Å²) in [4.78, 5) is 0. The van der Waals surface area contributed by atoms with Gasteiger partial charge in [-0.05, 0) is 170 Å². The number of benzene rings is 12. The second-order valence-corrected chi connectivity index (χ2v) is 18.8. The topological polar surface area (TPSA) is 76.3 Å². The number of nitriles is 3. The largest absolute Gasteiger partial charge is 0.309 e. The van der Waals surface area contributed by atoms with Crippen molar-refractivity contribution in [1.82, 2.24) is 4.57 Å². The normalized spacial score (nSPS) is 11.9. The molecule has 322 valence electrons. The molecule has 0 bridgehead atoms. The Morgan fingerprint density at radius 3 is 1.23 bits per heavy atom. The number of rotatable bonds is 4. The van der Waals surface area contributed by atoms with E-state index in [1.54, 1.807) is 0 Å². The molecule has 71 heavy (non-hydrogen) atoms. The third kappa shape index (κ3) is 5.24. The van der Waals surface area contributed by atoms with Gasteiger partial charge in [0.15, 0.2) is 0 Å². The highest BCUT2D eigenvalue weighted by Crippen LogP contribution is 2.55. The molecule has 4 heteroatoms. The van der Waals surface area contributed by atoms with Crippen LogP contribution in [-0.2, 0) is 0 Å². The molecule has 2 aliphatic carbocycles. The first-order valence-corrected chi connectivity index (χ1v) is 23.8. The van der Waals surface area contributed by atoms with Gasteiger partial charge in [0.2, 0.25) is 0 Å². The molecular formula is C67H34N4. The van der Waals surface area contributed by atoms with Crippen molar-refractivity contribution < 1.29 is 0 Å². The van der Waals surface area contributed by atoms with Gasteiger partial charge < -0.3 is 4.57 Å². The Kier molecular flexibility index (Phi) is 7.95. The number of fused-ring (bicyclic) bond motifs is 14. The van der Waals surface area contributed by atoms with E-state index in [4.69, 9.17) is 0 Å². The first-order chi connectivity index (χ1) is 35.1. The van der Waals surface area contributed by atoms with Crippen molar-refractivity contribution in [2.75, 3.05) is 0 Å². The van der Waals surface area contributed by atoms with E-state index in [0.717, 1.165) is 60.5 Å². The molecule has 12 aromatic carbocycles. The lowest BCUT2D eigenvalue weighted by molar-refractivity contribution is 1.20. The highest BCUT2D eigenvalue weighted by atomic mass is 15.0. The molecule has 0 saturated heterocycles. The van der Waals surface area contributed by atoms with E-state index in [1.165, 1.54) is 87.6 Å². The van der Waals surface area contributed by atoms with Crippen LogP contribution in [0.3, 0.4) is 0 Å². The lowest BCUT2D eigenvalue weighted by atomic mass is 9.84. The van der Waals surface area contributed by atoms with Crippen molar-refractivity contribution in [2.24, 2.45) is 0 Å². The van der Waals surface area contributed by atoms with Gasteiger partial charge in [0.1, 0.15) is 23.8 Å². The van der Waals surface area contributed by atoms with E-state index in [-0.39, 0.29) is 11.1 Å². The van der Waals surface area contributed by atoms with Crippen molar-refractivity contribution >= 4 is 81.2 Å². The molecule has 1 heterocycles. The maximum absolute atomic E-state index is 10.3. The fraction of sp³-hybridized carbons (Fsp3) is 0. The van der Waals surface area contributed by atoms with Crippen molar-refractivity contribution in [3.05, 3.63) is 217 Å². The maximum Gasteiger partial charge on any atom is 0.148 e. The summed E-state index contributed by atoms with van der Waals surface area (Å²) in [6, 6.07) is 81.2. The Morgan fingerprint density at radius 2 is 0.704 bits per heavy atom. The summed E-state index contributed by atoms with van der Waals surface area (Å²) in [6.45, 7) is 0. The van der Waals surface area contributed by atoms with Crippen molar-refractivity contribution in [3.63, 3.8) is 0 Å². The van der Waals surface area contributed by atoms with Gasteiger partial charge in [-0.2, -0.15) is 15.8 Å². The molecule has 0 radical (unpaired) electrons. The number of aromatic nitrogens is 1. The summed E-state index contributed by atoms with van der Waals surface area (Å²) in [5, 5.41) is 43.9. The van der Waals surface area contributed by atoms with E-state index in [9.17, 15) is 15.8 Å². The van der Waals surface area contributed by atoms with E-state index >= 15 is 0 Å². The fourth-order valence-corrected chi connectivity index (χ4v) is 12.4. The Labute approximate surface area is 407 Å². The lowest BCUT2D eigenvalue weighted by Crippen LogP contribution is -1.95. The molecule has 0 unspecified atom stereocenters. The molecule has 0 aliphatic heterocycles. The van der Waals surface area contributed by atoms with Gasteiger partial charge in [0.05, 0.1) is 22.3 Å². The molecule has 4 nitrogen and oxygen atoms in total. The van der Waals surface area contributed by atoms with E-state index < -0.39 is 0 Å². The predicted molar refractivity (Wildman–Crippen MR) is 292 cm³/mol. The molecule has 0 fully saturated rings. The zero-order chi connectivity index (χ0) is 47.1. The minimum atomic E-state index is -0.190. The van der Waals surface area contributed by atoms with E-state index in [0.29, 0.717) is 5.56 Å². The second kappa shape index (κ2) is 14.5. The van der Waals surface area contributed by atoms with Gasteiger partial charge in [-0.3, -0.25) is 0 Å². The van der Waals surface area contributed by atoms with Crippen LogP contribution in [0.1, 0.15) is 5.56 Å². The lowest BCUT2D eigenvalue weighted by Gasteiger charge is -2.19. The minimum absolute atomic E-state index is 0.0897. The minimum Gasteiger partial charge on any atom is -0.309 e. The Balaban J connectivity index is 1.03. The first kappa shape index (κ1) is 39.0. The highest BCUT2D eigenvalue weighted by Gasteiger charge is 2.29. The smallest absolute Gasteiger partial charge is 0.148 e. The van der Waals surface area contributed by atoms with Crippen LogP contribution in [0.15, 0.2) is 212 Å². The van der Waals surface area contributed by atoms with Crippen LogP contribution in [0, 0.1) is 34.0 Å². The predicted octanol–water partition coefficient (Wildman–Crippen LogP) is 17.5. The van der Waals surface area contributed by atoms with Crippen LogP contribution in [0.25, 0.3) is 154 Å². The molecule has 0 N–H and O–H groups in total. The van der Waals surface area contributed by atoms with Gasteiger partial charge in [-0.1, -0.05) is 152 Å². The highest BCUT2D eigenvalue weighted by molar-refractivity contribution is 6.30. The average molecular weight is 895 g/mol. The molecular weight excluding hydrogens is 861 g/mol. The summed E-state index contributed by atoms with van der Waals surface area (Å²) in [5.41, 5.74) is 18.0. The molecule has 0 atom stereocenters. The second-order valence-electron chi connectivity index (χ2n) is 18.8. The van der Waals surface area contributed by atoms with Crippen LogP contribution in [0.4, 0.5) is 0 Å². The number of hydrogen-bond acceptors (Lipinski definition) is 3. The quantitative estimate of drug-likeness (QED) is 0.130. The van der Waals surface area contributed by atoms with Crippen LogP contribution < -0.4 is 0 Å². The van der Waals surface area contributed by atoms with Crippen molar-refractivity contribution in [1.29, 1.82) is 15.8 Å². The zero-order valence-corrected chi connectivity index (χ0v) is 37.9.